The molecule has 2 aliphatic heterocycles. The summed E-state index contributed by atoms with van der Waals surface area (Å²) >= 11 is 0. The van der Waals surface area contributed by atoms with Crippen LogP contribution in [0.2, 0.25) is 0 Å². The molecule has 0 spiro atoms. The molecular weight excluding hydrogens is 311 g/mol. The first-order valence-electron chi connectivity index (χ1n) is 7.46. The van der Waals surface area contributed by atoms with Crippen LogP contribution in [0.1, 0.15) is 24.8 Å². The lowest BCUT2D eigenvalue weighted by Gasteiger charge is -2.42. The number of carbonyl (C=O) groups excluding carboxylic acids is 2. The van der Waals surface area contributed by atoms with E-state index < -0.39 is 23.8 Å². The fourth-order valence-corrected chi connectivity index (χ4v) is 3.95. The molecule has 8 heteroatoms. The molecule has 1 unspecified atom stereocenters. The largest absolute Gasteiger partial charge is 0.416 e. The van der Waals surface area contributed by atoms with Gasteiger partial charge in [-0.3, -0.25) is 4.79 Å². The number of benzene rings is 1. The van der Waals surface area contributed by atoms with Crippen molar-refractivity contribution in [2.24, 2.45) is 5.92 Å². The van der Waals surface area contributed by atoms with E-state index in [1.165, 1.54) is 12.1 Å². The van der Waals surface area contributed by atoms with Crippen LogP contribution in [0.15, 0.2) is 24.3 Å². The maximum absolute atomic E-state index is 12.8. The summed E-state index contributed by atoms with van der Waals surface area (Å²) in [6, 6.07) is 3.51. The van der Waals surface area contributed by atoms with Gasteiger partial charge in [0, 0.05) is 6.04 Å². The SMILES string of the molecule is O=C1C2[C@H]3CC[C@H](C3)N2C(=O)NN1c1cccc(C(F)(F)F)c1. The molecule has 2 heterocycles. The van der Waals surface area contributed by atoms with Gasteiger partial charge in [-0.05, 0) is 43.4 Å². The summed E-state index contributed by atoms with van der Waals surface area (Å²) in [6.45, 7) is 0. The van der Waals surface area contributed by atoms with Crippen molar-refractivity contribution in [1.82, 2.24) is 10.3 Å². The Bertz CT molecular complexity index is 691. The lowest BCUT2D eigenvalue weighted by atomic mass is 9.97. The number of amides is 3. The molecule has 2 saturated heterocycles. The van der Waals surface area contributed by atoms with Gasteiger partial charge in [-0.2, -0.15) is 13.2 Å². The van der Waals surface area contributed by atoms with Gasteiger partial charge in [-0.15, -0.1) is 0 Å². The number of fused-ring (bicyclic) bond motifs is 5. The predicted octanol–water partition coefficient (Wildman–Crippen LogP) is 2.53. The molecule has 1 N–H and O–H groups in total. The molecule has 1 aromatic carbocycles. The van der Waals surface area contributed by atoms with E-state index in [0.717, 1.165) is 36.4 Å². The topological polar surface area (TPSA) is 52.7 Å². The van der Waals surface area contributed by atoms with Crippen molar-refractivity contribution >= 4 is 17.6 Å². The smallest absolute Gasteiger partial charge is 0.308 e. The number of urea groups is 1. The molecule has 23 heavy (non-hydrogen) atoms. The summed E-state index contributed by atoms with van der Waals surface area (Å²) in [5.74, 6) is -0.261. The normalized spacial score (nSPS) is 29.8. The highest BCUT2D eigenvalue weighted by atomic mass is 19.4. The van der Waals surface area contributed by atoms with Gasteiger partial charge in [0.2, 0.25) is 0 Å². The second-order valence-electron chi connectivity index (χ2n) is 6.22. The quantitative estimate of drug-likeness (QED) is 0.863. The Morgan fingerprint density at radius 2 is 1.96 bits per heavy atom. The van der Waals surface area contributed by atoms with Crippen molar-refractivity contribution in [3.8, 4) is 0 Å². The van der Waals surface area contributed by atoms with Crippen LogP contribution in [-0.2, 0) is 11.0 Å². The van der Waals surface area contributed by atoms with Crippen LogP contribution < -0.4 is 10.4 Å². The van der Waals surface area contributed by atoms with Crippen LogP contribution in [0.3, 0.4) is 0 Å². The second kappa shape index (κ2) is 4.62. The van der Waals surface area contributed by atoms with E-state index in [-0.39, 0.29) is 23.6 Å². The van der Waals surface area contributed by atoms with Gasteiger partial charge >= 0.3 is 12.2 Å². The number of halogens is 3. The first-order chi connectivity index (χ1) is 10.9. The van der Waals surface area contributed by atoms with Crippen LogP contribution in [0.25, 0.3) is 0 Å². The predicted molar refractivity (Wildman–Crippen MR) is 74.2 cm³/mol. The molecule has 1 saturated carbocycles. The van der Waals surface area contributed by atoms with Crippen LogP contribution in [-0.4, -0.2) is 28.9 Å². The van der Waals surface area contributed by atoms with E-state index in [4.69, 9.17) is 0 Å². The molecule has 122 valence electrons. The molecule has 1 aromatic rings. The van der Waals surface area contributed by atoms with Crippen molar-refractivity contribution in [2.75, 3.05) is 5.01 Å². The van der Waals surface area contributed by atoms with Crippen molar-refractivity contribution in [2.45, 2.75) is 37.5 Å². The lowest BCUT2D eigenvalue weighted by Crippen LogP contribution is -2.67. The number of rotatable bonds is 1. The minimum atomic E-state index is -4.50. The molecule has 3 atom stereocenters. The third-order valence-electron chi connectivity index (χ3n) is 4.93. The Hall–Kier alpha value is -2.25. The van der Waals surface area contributed by atoms with Crippen molar-refractivity contribution < 1.29 is 22.8 Å². The number of carbonyl (C=O) groups is 2. The highest BCUT2D eigenvalue weighted by molar-refractivity contribution is 6.04. The van der Waals surface area contributed by atoms with Gasteiger partial charge < -0.3 is 4.90 Å². The Balaban J connectivity index is 1.68. The number of nitrogens with zero attached hydrogens (tertiary/aromatic N) is 2. The number of hydrazine groups is 1. The molecule has 5 nitrogen and oxygen atoms in total. The van der Waals surface area contributed by atoms with Crippen molar-refractivity contribution in [1.29, 1.82) is 0 Å². The maximum Gasteiger partial charge on any atom is 0.416 e. The Labute approximate surface area is 130 Å². The van der Waals surface area contributed by atoms with Gasteiger partial charge in [0.1, 0.15) is 6.04 Å². The molecule has 3 fully saturated rings. The van der Waals surface area contributed by atoms with Crippen molar-refractivity contribution in [3.05, 3.63) is 29.8 Å². The summed E-state index contributed by atoms with van der Waals surface area (Å²) in [5, 5.41) is 0.958. The minimum absolute atomic E-state index is 0.0283. The first-order valence-corrected chi connectivity index (χ1v) is 7.46. The highest BCUT2D eigenvalue weighted by Crippen LogP contribution is 2.44. The number of piperidine rings is 1. The Kier molecular flexibility index (Phi) is 2.88. The number of anilines is 1. The van der Waals surface area contributed by atoms with E-state index in [1.54, 1.807) is 4.90 Å². The fraction of sp³-hybridized carbons (Fsp3) is 0.467. The average molecular weight is 325 g/mol. The monoisotopic (exact) mass is 325 g/mol. The zero-order valence-electron chi connectivity index (χ0n) is 12.0. The number of hydrogen-bond donors (Lipinski definition) is 1. The van der Waals surface area contributed by atoms with Crippen LogP contribution in [0.5, 0.6) is 0 Å². The third kappa shape index (κ3) is 2.08. The van der Waals surface area contributed by atoms with Gasteiger partial charge in [0.15, 0.2) is 0 Å². The third-order valence-corrected chi connectivity index (χ3v) is 4.93. The standard InChI is InChI=1S/C15H14F3N3O2/c16-15(17,18)9-2-1-3-11(7-9)21-13(22)12-8-4-5-10(6-8)20(12)14(23)19-21/h1-3,7-8,10,12H,4-6H2,(H,19,23)/t8-,10+,12?/m0/s1. The molecule has 4 rings (SSSR count). The molecule has 1 aliphatic carbocycles. The van der Waals surface area contributed by atoms with E-state index in [2.05, 4.69) is 5.43 Å². The van der Waals surface area contributed by atoms with E-state index in [9.17, 15) is 22.8 Å². The summed E-state index contributed by atoms with van der Waals surface area (Å²) < 4.78 is 38.5. The second-order valence-corrected chi connectivity index (χ2v) is 6.22. The molecular formula is C15H14F3N3O2. The van der Waals surface area contributed by atoms with Crippen LogP contribution >= 0.6 is 0 Å². The molecule has 2 bridgehead atoms. The van der Waals surface area contributed by atoms with Gasteiger partial charge in [0.25, 0.3) is 5.91 Å². The summed E-state index contributed by atoms with van der Waals surface area (Å²) in [6.07, 6.45) is -1.95. The lowest BCUT2D eigenvalue weighted by molar-refractivity contribution is -0.137. The summed E-state index contributed by atoms with van der Waals surface area (Å²) in [4.78, 5) is 26.5. The zero-order chi connectivity index (χ0) is 16.4. The first kappa shape index (κ1) is 14.3. The van der Waals surface area contributed by atoms with Gasteiger partial charge in [-0.1, -0.05) is 6.07 Å². The summed E-state index contributed by atoms with van der Waals surface area (Å²) in [7, 11) is 0. The Morgan fingerprint density at radius 3 is 2.70 bits per heavy atom. The van der Waals surface area contributed by atoms with E-state index >= 15 is 0 Å². The fourth-order valence-electron chi connectivity index (χ4n) is 3.95. The number of nitrogens with one attached hydrogen (secondary N) is 1. The molecule has 3 amide bonds. The van der Waals surface area contributed by atoms with Gasteiger partial charge in [0.05, 0.1) is 11.3 Å². The van der Waals surface area contributed by atoms with Crippen molar-refractivity contribution in [3.63, 3.8) is 0 Å². The minimum Gasteiger partial charge on any atom is -0.308 e. The maximum atomic E-state index is 12.8. The summed E-state index contributed by atoms with van der Waals surface area (Å²) in [5.41, 5.74) is 1.59. The zero-order valence-corrected chi connectivity index (χ0v) is 12.0. The van der Waals surface area contributed by atoms with E-state index in [0.29, 0.717) is 0 Å². The van der Waals surface area contributed by atoms with Crippen LogP contribution in [0.4, 0.5) is 23.7 Å². The Morgan fingerprint density at radius 1 is 1.17 bits per heavy atom. The molecule has 0 aromatic heterocycles. The van der Waals surface area contributed by atoms with Crippen LogP contribution in [0, 0.1) is 5.92 Å². The highest BCUT2D eigenvalue weighted by Gasteiger charge is 2.55. The van der Waals surface area contributed by atoms with E-state index in [1.807, 2.05) is 0 Å². The molecule has 0 radical (unpaired) electrons. The number of alkyl halides is 3. The average Bonchev–Trinajstić information content (AvgIpc) is 3.11. The molecule has 3 aliphatic rings. The number of hydrogen-bond acceptors (Lipinski definition) is 2. The van der Waals surface area contributed by atoms with Gasteiger partial charge in [-0.25, -0.2) is 15.2 Å².